The molecule has 6 nitrogen and oxygen atoms in total. The van der Waals surface area contributed by atoms with Crippen molar-refractivity contribution in [2.24, 2.45) is 7.05 Å². The number of aromatic nitrogens is 4. The second kappa shape index (κ2) is 4.88. The lowest BCUT2D eigenvalue weighted by molar-refractivity contribution is 0.0690. The van der Waals surface area contributed by atoms with Gasteiger partial charge in [-0.3, -0.25) is 9.67 Å². The first kappa shape index (κ1) is 12.5. The molecule has 0 atom stereocenters. The minimum absolute atomic E-state index is 0.0593. The van der Waals surface area contributed by atoms with Crippen molar-refractivity contribution in [3.8, 4) is 0 Å². The molecule has 2 aromatic rings. The van der Waals surface area contributed by atoms with E-state index in [0.29, 0.717) is 11.6 Å². The topological polar surface area (TPSA) is 80.9 Å². The van der Waals surface area contributed by atoms with Crippen LogP contribution < -0.4 is 0 Å². The molecule has 1 saturated carbocycles. The molecule has 1 fully saturated rings. The average molecular weight is 270 g/mol. The van der Waals surface area contributed by atoms with Gasteiger partial charge in [0.1, 0.15) is 0 Å². The van der Waals surface area contributed by atoms with Crippen molar-refractivity contribution < 1.29 is 9.90 Å². The standard InChI is InChI=1S/C14H14N4O2/c1-18-13(9-2-3-9)6-10(17-18)4-5-11-7-16-12(8-15-11)14(19)20/h4-9H,2-3H2,1H3,(H,19,20)/b5-4+. The Morgan fingerprint density at radius 3 is 2.65 bits per heavy atom. The summed E-state index contributed by atoms with van der Waals surface area (Å²) in [5, 5.41) is 13.2. The number of hydrogen-bond acceptors (Lipinski definition) is 4. The second-order valence-electron chi connectivity index (χ2n) is 4.86. The molecule has 0 amide bonds. The molecule has 20 heavy (non-hydrogen) atoms. The molecule has 1 aliphatic rings. The molecule has 0 bridgehead atoms. The highest BCUT2D eigenvalue weighted by Crippen LogP contribution is 2.40. The van der Waals surface area contributed by atoms with Crippen LogP contribution in [-0.2, 0) is 7.05 Å². The first-order valence-electron chi connectivity index (χ1n) is 6.41. The Bertz CT molecular complexity index is 669. The molecule has 0 unspecified atom stereocenters. The van der Waals surface area contributed by atoms with E-state index in [2.05, 4.69) is 21.1 Å². The van der Waals surface area contributed by atoms with E-state index in [1.165, 1.54) is 30.9 Å². The van der Waals surface area contributed by atoms with E-state index >= 15 is 0 Å². The zero-order valence-corrected chi connectivity index (χ0v) is 11.0. The number of rotatable bonds is 4. The average Bonchev–Trinajstić information content (AvgIpc) is 3.21. The Labute approximate surface area is 115 Å². The Kier molecular flexibility index (Phi) is 3.06. The summed E-state index contributed by atoms with van der Waals surface area (Å²) in [6.45, 7) is 0. The van der Waals surface area contributed by atoms with Crippen molar-refractivity contribution in [1.82, 2.24) is 19.7 Å². The largest absolute Gasteiger partial charge is 0.476 e. The highest BCUT2D eigenvalue weighted by Gasteiger charge is 2.26. The summed E-state index contributed by atoms with van der Waals surface area (Å²) >= 11 is 0. The molecule has 0 spiro atoms. The third-order valence-corrected chi connectivity index (χ3v) is 3.25. The second-order valence-corrected chi connectivity index (χ2v) is 4.86. The number of aryl methyl sites for hydroxylation is 1. The predicted molar refractivity (Wildman–Crippen MR) is 73.1 cm³/mol. The van der Waals surface area contributed by atoms with Crippen LogP contribution in [0.4, 0.5) is 0 Å². The van der Waals surface area contributed by atoms with Gasteiger partial charge in [-0.05, 0) is 31.1 Å². The van der Waals surface area contributed by atoms with E-state index in [9.17, 15) is 4.79 Å². The van der Waals surface area contributed by atoms with Gasteiger partial charge in [0, 0.05) is 18.7 Å². The molecule has 0 aliphatic heterocycles. The summed E-state index contributed by atoms with van der Waals surface area (Å²) in [6, 6.07) is 2.08. The van der Waals surface area contributed by atoms with Crippen LogP contribution in [-0.4, -0.2) is 30.8 Å². The Balaban J connectivity index is 1.76. The van der Waals surface area contributed by atoms with Crippen molar-refractivity contribution in [3.05, 3.63) is 41.2 Å². The fourth-order valence-electron chi connectivity index (χ4n) is 2.05. The Morgan fingerprint density at radius 1 is 1.30 bits per heavy atom. The number of carboxylic acid groups (broad SMARTS) is 1. The van der Waals surface area contributed by atoms with Crippen molar-refractivity contribution >= 4 is 18.1 Å². The molecule has 1 N–H and O–H groups in total. The zero-order valence-electron chi connectivity index (χ0n) is 11.0. The van der Waals surface area contributed by atoms with E-state index in [1.807, 2.05) is 17.8 Å². The van der Waals surface area contributed by atoms with Gasteiger partial charge < -0.3 is 5.11 Å². The number of nitrogens with zero attached hydrogens (tertiary/aromatic N) is 4. The Morgan fingerprint density at radius 2 is 2.05 bits per heavy atom. The lowest BCUT2D eigenvalue weighted by Gasteiger charge is -1.95. The lowest BCUT2D eigenvalue weighted by Crippen LogP contribution is -2.00. The van der Waals surface area contributed by atoms with Crippen molar-refractivity contribution in [3.63, 3.8) is 0 Å². The van der Waals surface area contributed by atoms with E-state index in [0.717, 1.165) is 5.69 Å². The van der Waals surface area contributed by atoms with Crippen LogP contribution in [0.1, 0.15) is 46.3 Å². The van der Waals surface area contributed by atoms with Gasteiger partial charge in [0.05, 0.1) is 23.8 Å². The monoisotopic (exact) mass is 270 g/mol. The third-order valence-electron chi connectivity index (χ3n) is 3.25. The predicted octanol–water partition coefficient (Wildman–Crippen LogP) is 1.96. The number of hydrogen-bond donors (Lipinski definition) is 1. The first-order chi connectivity index (χ1) is 9.63. The van der Waals surface area contributed by atoms with Crippen LogP contribution in [0.2, 0.25) is 0 Å². The fraction of sp³-hybridized carbons (Fsp3) is 0.286. The summed E-state index contributed by atoms with van der Waals surface area (Å²) in [6.07, 6.45) is 8.80. The highest BCUT2D eigenvalue weighted by molar-refractivity contribution is 5.84. The smallest absolute Gasteiger partial charge is 0.356 e. The maximum absolute atomic E-state index is 10.7. The van der Waals surface area contributed by atoms with Gasteiger partial charge in [-0.1, -0.05) is 0 Å². The van der Waals surface area contributed by atoms with E-state index in [4.69, 9.17) is 5.11 Å². The molecule has 6 heteroatoms. The normalized spacial score (nSPS) is 14.8. The third kappa shape index (κ3) is 2.59. The highest BCUT2D eigenvalue weighted by atomic mass is 16.4. The maximum atomic E-state index is 10.7. The Hall–Kier alpha value is -2.50. The van der Waals surface area contributed by atoms with Gasteiger partial charge in [0.2, 0.25) is 0 Å². The van der Waals surface area contributed by atoms with Gasteiger partial charge in [-0.15, -0.1) is 0 Å². The van der Waals surface area contributed by atoms with Gasteiger partial charge in [0.25, 0.3) is 0 Å². The first-order valence-corrected chi connectivity index (χ1v) is 6.41. The number of aromatic carboxylic acids is 1. The fourth-order valence-corrected chi connectivity index (χ4v) is 2.05. The summed E-state index contributed by atoms with van der Waals surface area (Å²) in [7, 11) is 1.95. The minimum Gasteiger partial charge on any atom is -0.476 e. The summed E-state index contributed by atoms with van der Waals surface area (Å²) < 4.78 is 1.91. The molecule has 102 valence electrons. The van der Waals surface area contributed by atoms with Gasteiger partial charge >= 0.3 is 5.97 Å². The molecular formula is C14H14N4O2. The molecular weight excluding hydrogens is 256 g/mol. The lowest BCUT2D eigenvalue weighted by atomic mass is 10.2. The molecule has 3 rings (SSSR count). The quantitative estimate of drug-likeness (QED) is 0.918. The molecule has 1 aliphatic carbocycles. The molecule has 0 saturated heterocycles. The van der Waals surface area contributed by atoms with Gasteiger partial charge in [-0.25, -0.2) is 9.78 Å². The van der Waals surface area contributed by atoms with E-state index in [1.54, 1.807) is 6.08 Å². The van der Waals surface area contributed by atoms with E-state index < -0.39 is 5.97 Å². The minimum atomic E-state index is -1.08. The van der Waals surface area contributed by atoms with Crippen LogP contribution in [0.25, 0.3) is 12.2 Å². The molecule has 2 heterocycles. The number of carbonyl (C=O) groups is 1. The van der Waals surface area contributed by atoms with Gasteiger partial charge in [-0.2, -0.15) is 5.10 Å². The SMILES string of the molecule is Cn1nc(/C=C/c2cnc(C(=O)O)cn2)cc1C1CC1. The summed E-state index contributed by atoms with van der Waals surface area (Å²) in [4.78, 5) is 18.5. The zero-order chi connectivity index (χ0) is 14.1. The molecule has 2 aromatic heterocycles. The van der Waals surface area contributed by atoms with Crippen molar-refractivity contribution in [2.75, 3.05) is 0 Å². The molecule has 0 radical (unpaired) electrons. The number of carboxylic acids is 1. The van der Waals surface area contributed by atoms with E-state index in [-0.39, 0.29) is 5.69 Å². The van der Waals surface area contributed by atoms with Crippen LogP contribution >= 0.6 is 0 Å². The van der Waals surface area contributed by atoms with Crippen LogP contribution in [0.5, 0.6) is 0 Å². The maximum Gasteiger partial charge on any atom is 0.356 e. The molecule has 0 aromatic carbocycles. The summed E-state index contributed by atoms with van der Waals surface area (Å²) in [5.41, 5.74) is 2.68. The van der Waals surface area contributed by atoms with Crippen LogP contribution in [0.15, 0.2) is 18.5 Å². The van der Waals surface area contributed by atoms with Crippen molar-refractivity contribution in [1.29, 1.82) is 0 Å². The van der Waals surface area contributed by atoms with Crippen molar-refractivity contribution in [2.45, 2.75) is 18.8 Å². The van der Waals surface area contributed by atoms with Crippen LogP contribution in [0, 0.1) is 0 Å². The summed E-state index contributed by atoms with van der Waals surface area (Å²) in [5.74, 6) is -0.420. The van der Waals surface area contributed by atoms with Gasteiger partial charge in [0.15, 0.2) is 5.69 Å². The van der Waals surface area contributed by atoms with Crippen LogP contribution in [0.3, 0.4) is 0 Å².